The fraction of sp³-hybridized carbons (Fsp3) is 0.769. The summed E-state index contributed by atoms with van der Waals surface area (Å²) in [5.74, 6) is -0.148. The Morgan fingerprint density at radius 2 is 2.17 bits per heavy atom. The molecule has 2 amide bonds. The lowest BCUT2D eigenvalue weighted by Crippen LogP contribution is -2.41. The van der Waals surface area contributed by atoms with Crippen molar-refractivity contribution in [2.75, 3.05) is 7.05 Å². The fourth-order valence-electron chi connectivity index (χ4n) is 2.66. The van der Waals surface area contributed by atoms with Gasteiger partial charge in [-0.3, -0.25) is 9.59 Å². The maximum atomic E-state index is 12.0. The third-order valence-corrected chi connectivity index (χ3v) is 3.77. The molecule has 2 aliphatic rings. The van der Waals surface area contributed by atoms with Gasteiger partial charge in [-0.1, -0.05) is 13.8 Å². The van der Waals surface area contributed by atoms with Gasteiger partial charge in [-0.2, -0.15) is 5.10 Å². The zero-order valence-corrected chi connectivity index (χ0v) is 11.3. The zero-order chi connectivity index (χ0) is 13.3. The second-order valence-corrected chi connectivity index (χ2v) is 6.04. The van der Waals surface area contributed by atoms with E-state index >= 15 is 0 Å². The number of amides is 2. The Morgan fingerprint density at radius 3 is 2.72 bits per heavy atom. The number of hydrazone groups is 1. The van der Waals surface area contributed by atoms with E-state index in [9.17, 15) is 9.59 Å². The topological polar surface area (TPSA) is 61.8 Å². The lowest BCUT2D eigenvalue weighted by atomic mass is 9.92. The van der Waals surface area contributed by atoms with Crippen LogP contribution in [0.15, 0.2) is 5.10 Å². The second kappa shape index (κ2) is 4.71. The summed E-state index contributed by atoms with van der Waals surface area (Å²) in [5, 5.41) is 8.32. The molecule has 0 saturated heterocycles. The Morgan fingerprint density at radius 1 is 1.44 bits per heavy atom. The van der Waals surface area contributed by atoms with Crippen molar-refractivity contribution in [1.29, 1.82) is 0 Å². The van der Waals surface area contributed by atoms with Gasteiger partial charge in [0.05, 0.1) is 0 Å². The van der Waals surface area contributed by atoms with Crippen molar-refractivity contribution in [1.82, 2.24) is 10.3 Å². The van der Waals surface area contributed by atoms with Crippen LogP contribution >= 0.6 is 0 Å². The number of rotatable bonds is 2. The highest BCUT2D eigenvalue weighted by Crippen LogP contribution is 2.36. The Labute approximate surface area is 108 Å². The number of nitrogens with one attached hydrogen (secondary N) is 1. The third-order valence-electron chi connectivity index (χ3n) is 3.77. The van der Waals surface area contributed by atoms with E-state index in [0.717, 1.165) is 19.3 Å². The smallest absolute Gasteiger partial charge is 0.267 e. The monoisotopic (exact) mass is 251 g/mol. The molecule has 5 heteroatoms. The predicted octanol–water partition coefficient (Wildman–Crippen LogP) is 1.29. The summed E-state index contributed by atoms with van der Waals surface area (Å²) in [6.07, 6.45) is 4.01. The number of nitrogens with zero attached hydrogens (tertiary/aromatic N) is 2. The van der Waals surface area contributed by atoms with Crippen molar-refractivity contribution < 1.29 is 9.59 Å². The molecule has 100 valence electrons. The first-order valence-corrected chi connectivity index (χ1v) is 6.52. The van der Waals surface area contributed by atoms with Crippen LogP contribution in [-0.4, -0.2) is 35.6 Å². The molecule has 18 heavy (non-hydrogen) atoms. The molecule has 0 spiro atoms. The van der Waals surface area contributed by atoms with Gasteiger partial charge in [0.15, 0.2) is 0 Å². The molecule has 0 bridgehead atoms. The lowest BCUT2D eigenvalue weighted by Gasteiger charge is -2.21. The second-order valence-electron chi connectivity index (χ2n) is 6.04. The zero-order valence-electron chi connectivity index (χ0n) is 11.3. The van der Waals surface area contributed by atoms with Crippen LogP contribution in [0.4, 0.5) is 0 Å². The van der Waals surface area contributed by atoms with Crippen LogP contribution in [0.25, 0.3) is 0 Å². The van der Waals surface area contributed by atoms with Crippen LogP contribution in [-0.2, 0) is 9.59 Å². The van der Waals surface area contributed by atoms with Crippen LogP contribution < -0.4 is 5.32 Å². The average Bonchev–Trinajstić information content (AvgIpc) is 2.62. The fourth-order valence-corrected chi connectivity index (χ4v) is 2.66. The molecule has 1 fully saturated rings. The highest BCUT2D eigenvalue weighted by Gasteiger charge is 2.32. The van der Waals surface area contributed by atoms with Gasteiger partial charge in [0.25, 0.3) is 5.91 Å². The van der Waals surface area contributed by atoms with Gasteiger partial charge in [-0.05, 0) is 24.7 Å². The molecule has 1 unspecified atom stereocenters. The summed E-state index contributed by atoms with van der Waals surface area (Å²) in [6, 6.07) is 0.248. The SMILES string of the molecule is CN1N=C(C(=O)NC2CCC(C)(C)C2)CCC1=O. The van der Waals surface area contributed by atoms with E-state index in [1.54, 1.807) is 7.05 Å². The first-order valence-electron chi connectivity index (χ1n) is 6.52. The maximum absolute atomic E-state index is 12.0. The van der Waals surface area contributed by atoms with Crippen LogP contribution in [0.2, 0.25) is 0 Å². The van der Waals surface area contributed by atoms with E-state index in [2.05, 4.69) is 24.3 Å². The summed E-state index contributed by atoms with van der Waals surface area (Å²) in [4.78, 5) is 23.3. The van der Waals surface area contributed by atoms with Crippen molar-refractivity contribution in [2.45, 2.75) is 52.0 Å². The molecule has 0 aromatic heterocycles. The van der Waals surface area contributed by atoms with Crippen molar-refractivity contribution >= 4 is 17.5 Å². The van der Waals surface area contributed by atoms with Gasteiger partial charge < -0.3 is 5.32 Å². The van der Waals surface area contributed by atoms with Crippen LogP contribution in [0.1, 0.15) is 46.0 Å². The molecule has 1 heterocycles. The Hall–Kier alpha value is -1.39. The molecule has 1 saturated carbocycles. The van der Waals surface area contributed by atoms with Crippen molar-refractivity contribution in [3.63, 3.8) is 0 Å². The normalized spacial score (nSPS) is 27.1. The molecule has 2 rings (SSSR count). The molecule has 1 aliphatic carbocycles. The predicted molar refractivity (Wildman–Crippen MR) is 69.0 cm³/mol. The molecule has 5 nitrogen and oxygen atoms in total. The molecule has 0 aromatic rings. The summed E-state index contributed by atoms with van der Waals surface area (Å²) >= 11 is 0. The van der Waals surface area contributed by atoms with Crippen LogP contribution in [0, 0.1) is 5.41 Å². The lowest BCUT2D eigenvalue weighted by molar-refractivity contribution is -0.130. The number of carbonyl (C=O) groups is 2. The molecule has 1 N–H and O–H groups in total. The average molecular weight is 251 g/mol. The van der Waals surface area contributed by atoms with Gasteiger partial charge >= 0.3 is 0 Å². The van der Waals surface area contributed by atoms with Gasteiger partial charge in [0.1, 0.15) is 5.71 Å². The summed E-state index contributed by atoms with van der Waals surface area (Å²) < 4.78 is 0. The molecular formula is C13H21N3O2. The number of carbonyl (C=O) groups excluding carboxylic acids is 2. The minimum atomic E-state index is -0.114. The quantitative estimate of drug-likeness (QED) is 0.804. The molecular weight excluding hydrogens is 230 g/mol. The minimum absolute atomic E-state index is 0.0338. The number of hydrogen-bond acceptors (Lipinski definition) is 3. The Balaban J connectivity index is 1.93. The maximum Gasteiger partial charge on any atom is 0.267 e. The molecule has 1 aliphatic heterocycles. The van der Waals surface area contributed by atoms with Gasteiger partial charge in [0.2, 0.25) is 5.91 Å². The van der Waals surface area contributed by atoms with Crippen molar-refractivity contribution in [3.05, 3.63) is 0 Å². The minimum Gasteiger partial charge on any atom is -0.348 e. The molecule has 0 radical (unpaired) electrons. The van der Waals surface area contributed by atoms with E-state index in [1.807, 2.05) is 0 Å². The first-order chi connectivity index (χ1) is 8.37. The third kappa shape index (κ3) is 2.89. The first kappa shape index (κ1) is 13.1. The summed E-state index contributed by atoms with van der Waals surface area (Å²) in [6.45, 7) is 4.45. The van der Waals surface area contributed by atoms with E-state index < -0.39 is 0 Å². The van der Waals surface area contributed by atoms with Crippen LogP contribution in [0.3, 0.4) is 0 Å². The Bertz CT molecular complexity index is 401. The van der Waals surface area contributed by atoms with E-state index in [1.165, 1.54) is 5.01 Å². The summed E-state index contributed by atoms with van der Waals surface area (Å²) in [5.41, 5.74) is 0.792. The van der Waals surface area contributed by atoms with Gasteiger partial charge in [0, 0.05) is 25.9 Å². The summed E-state index contributed by atoms with van der Waals surface area (Å²) in [7, 11) is 1.59. The largest absolute Gasteiger partial charge is 0.348 e. The van der Waals surface area contributed by atoms with Crippen LogP contribution in [0.5, 0.6) is 0 Å². The highest BCUT2D eigenvalue weighted by molar-refractivity contribution is 6.39. The van der Waals surface area contributed by atoms with Crippen molar-refractivity contribution in [2.24, 2.45) is 10.5 Å². The van der Waals surface area contributed by atoms with E-state index in [-0.39, 0.29) is 17.9 Å². The van der Waals surface area contributed by atoms with Gasteiger partial charge in [-0.15, -0.1) is 0 Å². The highest BCUT2D eigenvalue weighted by atomic mass is 16.2. The standard InChI is InChI=1S/C13H21N3O2/c1-13(2)7-6-9(8-13)14-12(18)10-4-5-11(17)16(3)15-10/h9H,4-8H2,1-3H3,(H,14,18). The number of hydrogen-bond donors (Lipinski definition) is 1. The van der Waals surface area contributed by atoms with E-state index in [0.29, 0.717) is 24.0 Å². The molecule has 0 aromatic carbocycles. The Kier molecular flexibility index (Phi) is 3.41. The van der Waals surface area contributed by atoms with Gasteiger partial charge in [-0.25, -0.2) is 5.01 Å². The van der Waals surface area contributed by atoms with E-state index in [4.69, 9.17) is 0 Å². The van der Waals surface area contributed by atoms with Crippen molar-refractivity contribution in [3.8, 4) is 0 Å². The molecule has 1 atom stereocenters.